The summed E-state index contributed by atoms with van der Waals surface area (Å²) >= 11 is 0. The molecular weight excluding hydrogens is 292 g/mol. The highest BCUT2D eigenvalue weighted by Gasteiger charge is 2.33. The van der Waals surface area contributed by atoms with E-state index in [9.17, 15) is 13.2 Å². The van der Waals surface area contributed by atoms with Crippen LogP contribution < -0.4 is 10.5 Å². The normalized spacial score (nSPS) is 17.0. The number of sulfonamides is 1. The Hall–Kier alpha value is -1.60. The van der Waals surface area contributed by atoms with E-state index in [1.165, 1.54) is 25.3 Å². The van der Waals surface area contributed by atoms with Crippen LogP contribution in [-0.2, 0) is 14.8 Å². The van der Waals surface area contributed by atoms with Crippen molar-refractivity contribution in [1.82, 2.24) is 4.72 Å². The van der Waals surface area contributed by atoms with E-state index in [1.807, 2.05) is 0 Å². The molecule has 7 heteroatoms. The van der Waals surface area contributed by atoms with Crippen LogP contribution >= 0.6 is 0 Å². The Kier molecular flexibility index (Phi) is 4.25. The summed E-state index contributed by atoms with van der Waals surface area (Å²) in [4.78, 5) is 11.4. The molecule has 1 aliphatic carbocycles. The predicted octanol–water partition coefficient (Wildman–Crippen LogP) is 1.52. The SMILES string of the molecule is COC(=O)c1ccc(S(=O)(=O)NCC2(C)CCC2)c(N)c1. The molecule has 0 heterocycles. The van der Waals surface area contributed by atoms with E-state index in [2.05, 4.69) is 16.4 Å². The first-order valence-corrected chi connectivity index (χ1v) is 8.23. The summed E-state index contributed by atoms with van der Waals surface area (Å²) in [6, 6.07) is 4.03. The lowest BCUT2D eigenvalue weighted by atomic mass is 9.71. The predicted molar refractivity (Wildman–Crippen MR) is 79.3 cm³/mol. The maximum absolute atomic E-state index is 12.3. The lowest BCUT2D eigenvalue weighted by Gasteiger charge is -2.38. The number of nitrogen functional groups attached to an aromatic ring is 1. The molecule has 3 N–H and O–H groups in total. The number of nitrogens with one attached hydrogen (secondary N) is 1. The summed E-state index contributed by atoms with van der Waals surface area (Å²) < 4.78 is 31.7. The zero-order valence-corrected chi connectivity index (χ0v) is 13.0. The van der Waals surface area contributed by atoms with E-state index in [4.69, 9.17) is 5.73 Å². The third kappa shape index (κ3) is 3.36. The van der Waals surface area contributed by atoms with Gasteiger partial charge in [0.05, 0.1) is 18.4 Å². The highest BCUT2D eigenvalue weighted by molar-refractivity contribution is 7.89. The molecule has 0 spiro atoms. The second-order valence-electron chi connectivity index (χ2n) is 5.73. The van der Waals surface area contributed by atoms with Gasteiger partial charge in [0.15, 0.2) is 0 Å². The van der Waals surface area contributed by atoms with Gasteiger partial charge in [-0.2, -0.15) is 0 Å². The summed E-state index contributed by atoms with van der Waals surface area (Å²) in [6.45, 7) is 2.45. The molecule has 1 aromatic carbocycles. The van der Waals surface area contributed by atoms with E-state index in [0.717, 1.165) is 19.3 Å². The fraction of sp³-hybridized carbons (Fsp3) is 0.500. The van der Waals surface area contributed by atoms with Crippen molar-refractivity contribution in [2.75, 3.05) is 19.4 Å². The lowest BCUT2D eigenvalue weighted by molar-refractivity contribution is 0.0600. The zero-order valence-electron chi connectivity index (χ0n) is 12.2. The number of carbonyl (C=O) groups excluding carboxylic acids is 1. The molecule has 6 nitrogen and oxygen atoms in total. The fourth-order valence-corrected chi connectivity index (χ4v) is 3.65. The molecule has 2 rings (SSSR count). The minimum absolute atomic E-state index is 0.0157. The van der Waals surface area contributed by atoms with Crippen molar-refractivity contribution in [3.8, 4) is 0 Å². The van der Waals surface area contributed by atoms with Gasteiger partial charge in [0.25, 0.3) is 0 Å². The first-order valence-electron chi connectivity index (χ1n) is 6.75. The van der Waals surface area contributed by atoms with Gasteiger partial charge in [0.1, 0.15) is 4.90 Å². The van der Waals surface area contributed by atoms with Crippen molar-refractivity contribution in [3.63, 3.8) is 0 Å². The molecule has 116 valence electrons. The van der Waals surface area contributed by atoms with E-state index in [1.54, 1.807) is 0 Å². The van der Waals surface area contributed by atoms with Gasteiger partial charge >= 0.3 is 5.97 Å². The van der Waals surface area contributed by atoms with Crippen LogP contribution in [0.1, 0.15) is 36.5 Å². The van der Waals surface area contributed by atoms with Gasteiger partial charge < -0.3 is 10.5 Å². The molecule has 0 saturated heterocycles. The minimum atomic E-state index is -3.68. The second-order valence-corrected chi connectivity index (χ2v) is 7.47. The first-order chi connectivity index (χ1) is 9.77. The summed E-state index contributed by atoms with van der Waals surface area (Å²) in [5.74, 6) is -0.555. The number of nitrogens with two attached hydrogens (primary N) is 1. The van der Waals surface area contributed by atoms with Crippen molar-refractivity contribution in [1.29, 1.82) is 0 Å². The van der Waals surface area contributed by atoms with E-state index in [0.29, 0.717) is 6.54 Å². The van der Waals surface area contributed by atoms with E-state index < -0.39 is 16.0 Å². The average molecular weight is 312 g/mol. The van der Waals surface area contributed by atoms with Crippen molar-refractivity contribution >= 4 is 21.7 Å². The summed E-state index contributed by atoms with van der Waals surface area (Å²) in [5.41, 5.74) is 6.05. The number of rotatable bonds is 5. The minimum Gasteiger partial charge on any atom is -0.465 e. The molecule has 1 saturated carbocycles. The Labute approximate surface area is 124 Å². The van der Waals surface area contributed by atoms with Gasteiger partial charge in [0.2, 0.25) is 10.0 Å². The van der Waals surface area contributed by atoms with Crippen molar-refractivity contribution in [2.45, 2.75) is 31.1 Å². The van der Waals surface area contributed by atoms with Crippen LogP contribution in [-0.4, -0.2) is 28.0 Å². The van der Waals surface area contributed by atoms with Gasteiger partial charge in [-0.15, -0.1) is 0 Å². The Bertz CT molecular complexity index is 651. The lowest BCUT2D eigenvalue weighted by Crippen LogP contribution is -2.40. The Morgan fingerprint density at radius 1 is 1.43 bits per heavy atom. The average Bonchev–Trinajstić information content (AvgIpc) is 2.41. The number of hydrogen-bond acceptors (Lipinski definition) is 5. The van der Waals surface area contributed by atoms with Gasteiger partial charge in [-0.3, -0.25) is 0 Å². The molecule has 1 aromatic rings. The van der Waals surface area contributed by atoms with Crippen LogP contribution in [0.5, 0.6) is 0 Å². The summed E-state index contributed by atoms with van der Waals surface area (Å²) in [7, 11) is -2.42. The number of benzene rings is 1. The monoisotopic (exact) mass is 312 g/mol. The summed E-state index contributed by atoms with van der Waals surface area (Å²) in [6.07, 6.45) is 3.17. The maximum atomic E-state index is 12.3. The number of anilines is 1. The molecule has 0 bridgehead atoms. The van der Waals surface area contributed by atoms with Crippen LogP contribution in [0.15, 0.2) is 23.1 Å². The molecule has 21 heavy (non-hydrogen) atoms. The second kappa shape index (κ2) is 5.65. The van der Waals surface area contributed by atoms with Crippen LogP contribution in [0.2, 0.25) is 0 Å². The topological polar surface area (TPSA) is 98.5 Å². The quantitative estimate of drug-likeness (QED) is 0.634. The number of carbonyl (C=O) groups is 1. The third-order valence-electron chi connectivity index (χ3n) is 3.97. The highest BCUT2D eigenvalue weighted by atomic mass is 32.2. The van der Waals surface area contributed by atoms with E-state index in [-0.39, 0.29) is 21.6 Å². The number of esters is 1. The van der Waals surface area contributed by atoms with Crippen molar-refractivity contribution in [3.05, 3.63) is 23.8 Å². The summed E-state index contributed by atoms with van der Waals surface area (Å²) in [5, 5.41) is 0. The molecule has 0 amide bonds. The molecule has 0 atom stereocenters. The van der Waals surface area contributed by atoms with Crippen LogP contribution in [0.4, 0.5) is 5.69 Å². The van der Waals surface area contributed by atoms with Crippen molar-refractivity contribution in [2.24, 2.45) is 5.41 Å². The van der Waals surface area contributed by atoms with Crippen LogP contribution in [0.3, 0.4) is 0 Å². The smallest absolute Gasteiger partial charge is 0.337 e. The Morgan fingerprint density at radius 3 is 2.57 bits per heavy atom. The third-order valence-corrected chi connectivity index (χ3v) is 5.45. The van der Waals surface area contributed by atoms with Crippen LogP contribution in [0, 0.1) is 5.41 Å². The fourth-order valence-electron chi connectivity index (χ4n) is 2.34. The van der Waals surface area contributed by atoms with Gasteiger partial charge in [-0.05, 0) is 36.5 Å². The number of hydrogen-bond donors (Lipinski definition) is 2. The Morgan fingerprint density at radius 2 is 2.10 bits per heavy atom. The number of methoxy groups -OCH3 is 1. The van der Waals surface area contributed by atoms with Crippen molar-refractivity contribution < 1.29 is 17.9 Å². The van der Waals surface area contributed by atoms with Gasteiger partial charge in [-0.1, -0.05) is 13.3 Å². The van der Waals surface area contributed by atoms with E-state index >= 15 is 0 Å². The molecule has 0 radical (unpaired) electrons. The molecule has 1 aliphatic rings. The number of ether oxygens (including phenoxy) is 1. The zero-order chi connectivity index (χ0) is 15.7. The molecular formula is C14H20N2O4S. The molecule has 0 unspecified atom stereocenters. The highest BCUT2D eigenvalue weighted by Crippen LogP contribution is 2.39. The maximum Gasteiger partial charge on any atom is 0.337 e. The largest absolute Gasteiger partial charge is 0.465 e. The van der Waals surface area contributed by atoms with Gasteiger partial charge in [-0.25, -0.2) is 17.9 Å². The molecule has 1 fully saturated rings. The van der Waals surface area contributed by atoms with Gasteiger partial charge in [0, 0.05) is 6.54 Å². The van der Waals surface area contributed by atoms with Crippen LogP contribution in [0.25, 0.3) is 0 Å². The Balaban J connectivity index is 2.18. The molecule has 0 aliphatic heterocycles. The molecule has 0 aromatic heterocycles. The standard InChI is InChI=1S/C14H20N2O4S/c1-14(6-3-7-14)9-16-21(18,19)12-5-4-10(8-11(12)15)13(17)20-2/h4-5,8,16H,3,6-7,9,15H2,1-2H3. The first kappa shape index (κ1) is 15.8.